The van der Waals surface area contributed by atoms with Crippen LogP contribution in [-0.2, 0) is 11.2 Å². The standard InChI is InChI=1S/C21H19FN4O3S/c1-28-17-8-4-5-9-18(17)29-12-19(27)23-11-10-14-13-30-21-24-20(25-26(14)21)15-6-2-3-7-16(15)22/h2-9,13H,10-12H2,1H3,(H,23,27). The minimum absolute atomic E-state index is 0.111. The molecule has 0 radical (unpaired) electrons. The Morgan fingerprint density at radius 2 is 1.93 bits per heavy atom. The van der Waals surface area contributed by atoms with Crippen molar-refractivity contribution in [2.75, 3.05) is 20.3 Å². The van der Waals surface area contributed by atoms with Gasteiger partial charge in [0.2, 0.25) is 4.96 Å². The quantitative estimate of drug-likeness (QED) is 0.468. The van der Waals surface area contributed by atoms with Crippen LogP contribution in [0, 0.1) is 5.82 Å². The third kappa shape index (κ3) is 4.25. The smallest absolute Gasteiger partial charge is 0.257 e. The molecule has 0 saturated carbocycles. The maximum Gasteiger partial charge on any atom is 0.257 e. The fraction of sp³-hybridized carbons (Fsp3) is 0.190. The highest BCUT2D eigenvalue weighted by atomic mass is 32.1. The van der Waals surface area contributed by atoms with E-state index in [2.05, 4.69) is 15.4 Å². The van der Waals surface area contributed by atoms with Gasteiger partial charge in [-0.15, -0.1) is 16.4 Å². The lowest BCUT2D eigenvalue weighted by molar-refractivity contribution is -0.123. The number of rotatable bonds is 8. The minimum atomic E-state index is -0.361. The van der Waals surface area contributed by atoms with Gasteiger partial charge >= 0.3 is 0 Å². The van der Waals surface area contributed by atoms with E-state index in [0.29, 0.717) is 40.8 Å². The number of benzene rings is 2. The van der Waals surface area contributed by atoms with Gasteiger partial charge in [-0.05, 0) is 24.3 Å². The lowest BCUT2D eigenvalue weighted by Gasteiger charge is -2.10. The highest BCUT2D eigenvalue weighted by Crippen LogP contribution is 2.25. The van der Waals surface area contributed by atoms with Crippen LogP contribution in [0.25, 0.3) is 16.3 Å². The summed E-state index contributed by atoms with van der Waals surface area (Å²) in [6, 6.07) is 13.6. The molecule has 9 heteroatoms. The molecule has 0 aliphatic carbocycles. The number of aromatic nitrogens is 3. The average molecular weight is 426 g/mol. The average Bonchev–Trinajstić information content (AvgIpc) is 3.34. The number of nitrogens with zero attached hydrogens (tertiary/aromatic N) is 3. The Bertz CT molecular complexity index is 1170. The van der Waals surface area contributed by atoms with Gasteiger partial charge in [0, 0.05) is 18.3 Å². The molecule has 4 rings (SSSR count). The van der Waals surface area contributed by atoms with E-state index in [-0.39, 0.29) is 18.3 Å². The highest BCUT2D eigenvalue weighted by molar-refractivity contribution is 7.15. The summed E-state index contributed by atoms with van der Waals surface area (Å²) in [7, 11) is 1.55. The molecule has 0 unspecified atom stereocenters. The van der Waals surface area contributed by atoms with Crippen LogP contribution in [0.3, 0.4) is 0 Å². The monoisotopic (exact) mass is 426 g/mol. The van der Waals surface area contributed by atoms with Gasteiger partial charge < -0.3 is 14.8 Å². The summed E-state index contributed by atoms with van der Waals surface area (Å²) in [5, 5.41) is 9.17. The SMILES string of the molecule is COc1ccccc1OCC(=O)NCCc1csc2nc(-c3ccccc3F)nn12. The number of ether oxygens (including phenoxy) is 2. The molecule has 154 valence electrons. The van der Waals surface area contributed by atoms with Gasteiger partial charge in [0.25, 0.3) is 5.91 Å². The Morgan fingerprint density at radius 3 is 2.73 bits per heavy atom. The fourth-order valence-corrected chi connectivity index (χ4v) is 3.77. The van der Waals surface area contributed by atoms with E-state index in [4.69, 9.17) is 9.47 Å². The number of para-hydroxylation sites is 2. The fourth-order valence-electron chi connectivity index (χ4n) is 2.92. The highest BCUT2D eigenvalue weighted by Gasteiger charge is 2.14. The third-order valence-electron chi connectivity index (χ3n) is 4.40. The molecule has 30 heavy (non-hydrogen) atoms. The minimum Gasteiger partial charge on any atom is -0.493 e. The number of thiazole rings is 1. The van der Waals surface area contributed by atoms with Crippen molar-refractivity contribution in [3.05, 3.63) is 65.4 Å². The van der Waals surface area contributed by atoms with E-state index in [9.17, 15) is 9.18 Å². The number of fused-ring (bicyclic) bond motifs is 1. The third-order valence-corrected chi connectivity index (χ3v) is 5.26. The van der Waals surface area contributed by atoms with Gasteiger partial charge in [0.15, 0.2) is 23.9 Å². The van der Waals surface area contributed by atoms with Crippen molar-refractivity contribution in [3.63, 3.8) is 0 Å². The predicted octanol–water partition coefficient (Wildman–Crippen LogP) is 3.34. The number of amides is 1. The topological polar surface area (TPSA) is 77.8 Å². The number of carbonyl (C=O) groups excluding carboxylic acids is 1. The van der Waals surface area contributed by atoms with Crippen LogP contribution in [0.2, 0.25) is 0 Å². The second-order valence-electron chi connectivity index (χ2n) is 6.38. The summed E-state index contributed by atoms with van der Waals surface area (Å²) in [4.78, 5) is 17.2. The molecule has 0 aliphatic heterocycles. The summed E-state index contributed by atoms with van der Waals surface area (Å²) in [6.07, 6.45) is 0.556. The first kappa shape index (κ1) is 19.8. The van der Waals surface area contributed by atoms with Crippen LogP contribution in [0.4, 0.5) is 4.39 Å². The lowest BCUT2D eigenvalue weighted by atomic mass is 10.2. The van der Waals surface area contributed by atoms with Crippen molar-refractivity contribution < 1.29 is 18.7 Å². The molecule has 0 fully saturated rings. The van der Waals surface area contributed by atoms with Crippen LogP contribution in [0.15, 0.2) is 53.9 Å². The van der Waals surface area contributed by atoms with Crippen molar-refractivity contribution >= 4 is 22.2 Å². The number of hydrogen-bond acceptors (Lipinski definition) is 6. The Morgan fingerprint density at radius 1 is 1.17 bits per heavy atom. The largest absolute Gasteiger partial charge is 0.493 e. The molecule has 0 aliphatic rings. The van der Waals surface area contributed by atoms with Crippen molar-refractivity contribution in [1.82, 2.24) is 19.9 Å². The Kier molecular flexibility index (Phi) is 5.89. The van der Waals surface area contributed by atoms with Crippen molar-refractivity contribution in [2.24, 2.45) is 0 Å². The van der Waals surface area contributed by atoms with E-state index in [1.807, 2.05) is 17.5 Å². The Labute approximate surface area is 176 Å². The Hall–Kier alpha value is -3.46. The molecule has 0 atom stereocenters. The van der Waals surface area contributed by atoms with Crippen LogP contribution in [-0.4, -0.2) is 40.8 Å². The normalized spacial score (nSPS) is 10.9. The molecule has 4 aromatic rings. The molecule has 2 aromatic carbocycles. The molecule has 1 amide bonds. The van der Waals surface area contributed by atoms with Gasteiger partial charge in [-0.3, -0.25) is 4.79 Å². The lowest BCUT2D eigenvalue weighted by Crippen LogP contribution is -2.30. The second kappa shape index (κ2) is 8.91. The molecule has 0 saturated heterocycles. The number of halogens is 1. The zero-order chi connectivity index (χ0) is 20.9. The molecule has 0 bridgehead atoms. The summed E-state index contributed by atoms with van der Waals surface area (Å²) in [6.45, 7) is 0.301. The van der Waals surface area contributed by atoms with Gasteiger partial charge in [-0.25, -0.2) is 8.91 Å². The van der Waals surface area contributed by atoms with E-state index in [0.717, 1.165) is 5.69 Å². The van der Waals surface area contributed by atoms with Gasteiger partial charge in [-0.1, -0.05) is 24.3 Å². The molecule has 7 nitrogen and oxygen atoms in total. The summed E-state index contributed by atoms with van der Waals surface area (Å²) in [5.74, 6) is 0.828. The van der Waals surface area contributed by atoms with Crippen LogP contribution in [0.5, 0.6) is 11.5 Å². The molecule has 2 aromatic heterocycles. The number of carbonyl (C=O) groups is 1. The molecule has 0 spiro atoms. The van der Waals surface area contributed by atoms with Crippen molar-refractivity contribution in [1.29, 1.82) is 0 Å². The summed E-state index contributed by atoms with van der Waals surface area (Å²) >= 11 is 1.42. The van der Waals surface area contributed by atoms with Crippen LogP contribution in [0.1, 0.15) is 5.69 Å². The summed E-state index contributed by atoms with van der Waals surface area (Å²) in [5.41, 5.74) is 1.25. The Balaban J connectivity index is 1.34. The van der Waals surface area contributed by atoms with Crippen LogP contribution >= 0.6 is 11.3 Å². The van der Waals surface area contributed by atoms with E-state index in [1.54, 1.807) is 42.0 Å². The van der Waals surface area contributed by atoms with Gasteiger partial charge in [0.05, 0.1) is 18.4 Å². The maximum absolute atomic E-state index is 14.0. The van der Waals surface area contributed by atoms with Gasteiger partial charge in [0.1, 0.15) is 5.82 Å². The molecule has 2 heterocycles. The van der Waals surface area contributed by atoms with Gasteiger partial charge in [-0.2, -0.15) is 4.98 Å². The van der Waals surface area contributed by atoms with Crippen LogP contribution < -0.4 is 14.8 Å². The number of hydrogen-bond donors (Lipinski definition) is 1. The van der Waals surface area contributed by atoms with E-state index in [1.165, 1.54) is 17.4 Å². The zero-order valence-corrected chi connectivity index (χ0v) is 17.0. The first-order valence-electron chi connectivity index (χ1n) is 9.26. The van der Waals surface area contributed by atoms with Crippen molar-refractivity contribution in [3.8, 4) is 22.9 Å². The predicted molar refractivity (Wildman–Crippen MR) is 111 cm³/mol. The number of nitrogens with one attached hydrogen (secondary N) is 1. The maximum atomic E-state index is 14.0. The molecular formula is C21H19FN4O3S. The number of methoxy groups -OCH3 is 1. The zero-order valence-electron chi connectivity index (χ0n) is 16.2. The molecular weight excluding hydrogens is 407 g/mol. The van der Waals surface area contributed by atoms with Crippen molar-refractivity contribution in [2.45, 2.75) is 6.42 Å². The van der Waals surface area contributed by atoms with E-state index >= 15 is 0 Å². The first-order valence-corrected chi connectivity index (χ1v) is 10.1. The summed E-state index contributed by atoms with van der Waals surface area (Å²) < 4.78 is 26.4. The van der Waals surface area contributed by atoms with E-state index < -0.39 is 0 Å². The molecule has 1 N–H and O–H groups in total. The first-order chi connectivity index (χ1) is 14.7. The second-order valence-corrected chi connectivity index (χ2v) is 7.21.